The molecule has 2 N–H and O–H groups in total. The first-order valence-corrected chi connectivity index (χ1v) is 6.60. The monoisotopic (exact) mass is 275 g/mol. The Morgan fingerprint density at radius 3 is 2.65 bits per heavy atom. The van der Waals surface area contributed by atoms with E-state index < -0.39 is 0 Å². The van der Waals surface area contributed by atoms with E-state index in [1.54, 1.807) is 7.11 Å². The molecule has 0 radical (unpaired) electrons. The Morgan fingerprint density at radius 1 is 1.25 bits per heavy atom. The van der Waals surface area contributed by atoms with Crippen molar-refractivity contribution in [3.05, 3.63) is 47.3 Å². The number of nitrogens with zero attached hydrogens (tertiary/aromatic N) is 2. The van der Waals surface area contributed by atoms with Gasteiger partial charge in [0.15, 0.2) is 0 Å². The average Bonchev–Trinajstić information content (AvgIpc) is 2.79. The molecule has 0 spiro atoms. The smallest absolute Gasteiger partial charge is 0.124 e. The van der Waals surface area contributed by atoms with Crippen molar-refractivity contribution in [2.45, 2.75) is 13.0 Å². The molecule has 1 aromatic carbocycles. The molecule has 0 aliphatic rings. The Kier molecular flexibility index (Phi) is 4.76. The second kappa shape index (κ2) is 6.54. The third-order valence-electron chi connectivity index (χ3n) is 3.41. The van der Waals surface area contributed by atoms with Crippen LogP contribution >= 0.6 is 0 Å². The molecule has 20 heavy (non-hydrogen) atoms. The lowest BCUT2D eigenvalue weighted by Gasteiger charge is -2.17. The molecule has 5 heteroatoms. The standard InChI is InChI=1S/C15H21N3O2/c1-11-13(10-17-18(11)2)15(16)12-6-4-5-7-14(12)20-9-8-19-3/h4-7,10,15H,8-9,16H2,1-3H3. The molecule has 0 saturated heterocycles. The van der Waals surface area contributed by atoms with Gasteiger partial charge in [-0.1, -0.05) is 18.2 Å². The number of ether oxygens (including phenoxy) is 2. The highest BCUT2D eigenvalue weighted by atomic mass is 16.5. The lowest BCUT2D eigenvalue weighted by Crippen LogP contribution is -2.15. The van der Waals surface area contributed by atoms with Crippen molar-refractivity contribution in [3.63, 3.8) is 0 Å². The predicted molar refractivity (Wildman–Crippen MR) is 77.8 cm³/mol. The summed E-state index contributed by atoms with van der Waals surface area (Å²) in [4.78, 5) is 0. The maximum absolute atomic E-state index is 6.37. The van der Waals surface area contributed by atoms with E-state index in [-0.39, 0.29) is 6.04 Å². The fourth-order valence-corrected chi connectivity index (χ4v) is 2.09. The van der Waals surface area contributed by atoms with Crippen LogP contribution in [0.15, 0.2) is 30.5 Å². The quantitative estimate of drug-likeness (QED) is 0.817. The van der Waals surface area contributed by atoms with Crippen molar-refractivity contribution < 1.29 is 9.47 Å². The van der Waals surface area contributed by atoms with Crippen LogP contribution in [0.1, 0.15) is 22.9 Å². The molecule has 0 amide bonds. The Balaban J connectivity index is 2.25. The molecule has 1 heterocycles. The number of hydrogen-bond acceptors (Lipinski definition) is 4. The van der Waals surface area contributed by atoms with Crippen LogP contribution in [-0.4, -0.2) is 30.1 Å². The number of para-hydroxylation sites is 1. The molecule has 0 saturated carbocycles. The molecule has 1 aromatic heterocycles. The van der Waals surface area contributed by atoms with Crippen LogP contribution in [0.5, 0.6) is 5.75 Å². The number of benzene rings is 1. The van der Waals surface area contributed by atoms with Gasteiger partial charge in [0.1, 0.15) is 12.4 Å². The van der Waals surface area contributed by atoms with E-state index in [2.05, 4.69) is 5.10 Å². The van der Waals surface area contributed by atoms with Crippen molar-refractivity contribution in [2.75, 3.05) is 20.3 Å². The number of hydrogen-bond donors (Lipinski definition) is 1. The van der Waals surface area contributed by atoms with Gasteiger partial charge < -0.3 is 15.2 Å². The second-order valence-electron chi connectivity index (χ2n) is 4.67. The highest BCUT2D eigenvalue weighted by molar-refractivity contribution is 5.41. The van der Waals surface area contributed by atoms with Gasteiger partial charge in [-0.3, -0.25) is 4.68 Å². The maximum atomic E-state index is 6.37. The van der Waals surface area contributed by atoms with Gasteiger partial charge in [0, 0.05) is 31.0 Å². The Labute approximate surface area is 119 Å². The van der Waals surface area contributed by atoms with Crippen molar-refractivity contribution in [1.82, 2.24) is 9.78 Å². The fraction of sp³-hybridized carbons (Fsp3) is 0.400. The van der Waals surface area contributed by atoms with Crippen LogP contribution in [-0.2, 0) is 11.8 Å². The topological polar surface area (TPSA) is 62.3 Å². The van der Waals surface area contributed by atoms with E-state index in [1.807, 2.05) is 49.1 Å². The van der Waals surface area contributed by atoms with Gasteiger partial charge in [0.05, 0.1) is 18.8 Å². The lowest BCUT2D eigenvalue weighted by molar-refractivity contribution is 0.145. The van der Waals surface area contributed by atoms with Gasteiger partial charge in [-0.25, -0.2) is 0 Å². The van der Waals surface area contributed by atoms with E-state index in [9.17, 15) is 0 Å². The molecule has 0 bridgehead atoms. The second-order valence-corrected chi connectivity index (χ2v) is 4.67. The molecule has 5 nitrogen and oxygen atoms in total. The van der Waals surface area contributed by atoms with Crippen LogP contribution in [0.2, 0.25) is 0 Å². The zero-order chi connectivity index (χ0) is 14.5. The third-order valence-corrected chi connectivity index (χ3v) is 3.41. The molecule has 0 fully saturated rings. The summed E-state index contributed by atoms with van der Waals surface area (Å²) in [5.41, 5.74) is 9.40. The number of methoxy groups -OCH3 is 1. The molecule has 1 atom stereocenters. The largest absolute Gasteiger partial charge is 0.491 e. The van der Waals surface area contributed by atoms with Crippen LogP contribution in [0.3, 0.4) is 0 Å². The van der Waals surface area contributed by atoms with Crippen molar-refractivity contribution in [3.8, 4) is 5.75 Å². The summed E-state index contributed by atoms with van der Waals surface area (Å²) in [5.74, 6) is 0.792. The SMILES string of the molecule is COCCOc1ccccc1C(N)c1cnn(C)c1C. The van der Waals surface area contributed by atoms with Crippen molar-refractivity contribution in [2.24, 2.45) is 12.8 Å². The van der Waals surface area contributed by atoms with Gasteiger partial charge in [0.25, 0.3) is 0 Å². The first kappa shape index (κ1) is 14.6. The van der Waals surface area contributed by atoms with E-state index in [0.29, 0.717) is 13.2 Å². The Bertz CT molecular complexity index is 566. The summed E-state index contributed by atoms with van der Waals surface area (Å²) in [6.07, 6.45) is 1.81. The van der Waals surface area contributed by atoms with Crippen molar-refractivity contribution in [1.29, 1.82) is 0 Å². The number of aryl methyl sites for hydroxylation is 1. The number of aromatic nitrogens is 2. The normalized spacial score (nSPS) is 12.4. The van der Waals surface area contributed by atoms with E-state index in [1.165, 1.54) is 0 Å². The van der Waals surface area contributed by atoms with Crippen LogP contribution in [0, 0.1) is 6.92 Å². The molecular weight excluding hydrogens is 254 g/mol. The van der Waals surface area contributed by atoms with Gasteiger partial charge in [0.2, 0.25) is 0 Å². The fourth-order valence-electron chi connectivity index (χ4n) is 2.09. The maximum Gasteiger partial charge on any atom is 0.124 e. The van der Waals surface area contributed by atoms with Crippen LogP contribution < -0.4 is 10.5 Å². The highest BCUT2D eigenvalue weighted by Gasteiger charge is 2.18. The summed E-state index contributed by atoms with van der Waals surface area (Å²) < 4.78 is 12.6. The molecule has 2 rings (SSSR count). The first-order chi connectivity index (χ1) is 9.65. The molecule has 0 aliphatic heterocycles. The predicted octanol–water partition coefficient (Wildman–Crippen LogP) is 1.80. The van der Waals surface area contributed by atoms with E-state index >= 15 is 0 Å². The Morgan fingerprint density at radius 2 is 2.00 bits per heavy atom. The summed E-state index contributed by atoms with van der Waals surface area (Å²) in [7, 11) is 3.56. The third kappa shape index (κ3) is 3.00. The minimum atomic E-state index is -0.248. The average molecular weight is 275 g/mol. The summed E-state index contributed by atoms with van der Waals surface area (Å²) >= 11 is 0. The van der Waals surface area contributed by atoms with Gasteiger partial charge in [-0.15, -0.1) is 0 Å². The van der Waals surface area contributed by atoms with Crippen LogP contribution in [0.25, 0.3) is 0 Å². The first-order valence-electron chi connectivity index (χ1n) is 6.60. The van der Waals surface area contributed by atoms with Gasteiger partial charge in [-0.2, -0.15) is 5.10 Å². The van der Waals surface area contributed by atoms with Gasteiger partial charge >= 0.3 is 0 Å². The van der Waals surface area contributed by atoms with Crippen molar-refractivity contribution >= 4 is 0 Å². The summed E-state index contributed by atoms with van der Waals surface area (Å²) in [5, 5.41) is 4.24. The molecule has 2 aromatic rings. The number of nitrogens with two attached hydrogens (primary N) is 1. The minimum absolute atomic E-state index is 0.248. The van der Waals surface area contributed by atoms with E-state index in [4.69, 9.17) is 15.2 Å². The van der Waals surface area contributed by atoms with Crippen LogP contribution in [0.4, 0.5) is 0 Å². The summed E-state index contributed by atoms with van der Waals surface area (Å²) in [6.45, 7) is 3.07. The lowest BCUT2D eigenvalue weighted by atomic mass is 9.99. The Hall–Kier alpha value is -1.85. The molecule has 0 aliphatic carbocycles. The van der Waals surface area contributed by atoms with Gasteiger partial charge in [-0.05, 0) is 13.0 Å². The number of rotatable bonds is 6. The molecular formula is C15H21N3O2. The zero-order valence-electron chi connectivity index (χ0n) is 12.2. The molecule has 108 valence electrons. The van der Waals surface area contributed by atoms with E-state index in [0.717, 1.165) is 22.6 Å². The zero-order valence-corrected chi connectivity index (χ0v) is 12.2. The highest BCUT2D eigenvalue weighted by Crippen LogP contribution is 2.29. The minimum Gasteiger partial charge on any atom is -0.491 e. The molecule has 1 unspecified atom stereocenters. The summed E-state index contributed by atoms with van der Waals surface area (Å²) in [6, 6.07) is 7.57.